The van der Waals surface area contributed by atoms with Crippen LogP contribution < -0.4 is 5.73 Å². The van der Waals surface area contributed by atoms with E-state index >= 15 is 0 Å². The van der Waals surface area contributed by atoms with Crippen LogP contribution in [0.1, 0.15) is 24.4 Å². The van der Waals surface area contributed by atoms with E-state index in [0.717, 1.165) is 26.5 Å². The summed E-state index contributed by atoms with van der Waals surface area (Å²) in [6, 6.07) is 5.64. The minimum atomic E-state index is -0.0381. The number of nitrogens with two attached hydrogens (primary N) is 1. The van der Waals surface area contributed by atoms with Crippen LogP contribution in [-0.2, 0) is 0 Å². The third-order valence-electron chi connectivity index (χ3n) is 2.31. The van der Waals surface area contributed by atoms with Gasteiger partial charge in [-0.25, -0.2) is 0 Å². The van der Waals surface area contributed by atoms with Crippen molar-refractivity contribution in [2.24, 2.45) is 5.73 Å². The fraction of sp³-hybridized carbons (Fsp3) is 0.273. The van der Waals surface area contributed by atoms with Crippen LogP contribution in [0.2, 0.25) is 5.02 Å². The van der Waals surface area contributed by atoms with Crippen molar-refractivity contribution in [3.05, 3.63) is 32.7 Å². The maximum atomic E-state index is 6.00. The van der Waals surface area contributed by atoms with Crippen LogP contribution in [-0.4, -0.2) is 10.2 Å². The predicted octanol–water partition coefficient (Wildman–Crippen LogP) is 4.03. The Morgan fingerprint density at radius 2 is 2.18 bits per heavy atom. The molecule has 0 aliphatic carbocycles. The van der Waals surface area contributed by atoms with Crippen LogP contribution in [0.5, 0.6) is 0 Å². The minimum Gasteiger partial charge on any atom is -0.322 e. The smallest absolute Gasteiger partial charge is 0.147 e. The number of hydrogen-bond donors (Lipinski definition) is 1. The predicted molar refractivity (Wildman–Crippen MR) is 75.3 cm³/mol. The van der Waals surface area contributed by atoms with Crippen LogP contribution in [0.25, 0.3) is 10.6 Å². The Bertz CT molecular complexity index is 509. The van der Waals surface area contributed by atoms with Crippen molar-refractivity contribution in [3.8, 4) is 10.6 Å². The van der Waals surface area contributed by atoms with Gasteiger partial charge in [0.1, 0.15) is 10.0 Å². The molecular weight excluding hydrogens is 322 g/mol. The lowest BCUT2D eigenvalue weighted by Crippen LogP contribution is -2.07. The first kappa shape index (κ1) is 13.0. The second kappa shape index (κ2) is 5.44. The molecule has 0 saturated carbocycles. The molecule has 0 radical (unpaired) electrons. The molecule has 2 N–H and O–H groups in total. The van der Waals surface area contributed by atoms with E-state index in [0.29, 0.717) is 5.02 Å². The Morgan fingerprint density at radius 1 is 1.41 bits per heavy atom. The van der Waals surface area contributed by atoms with Gasteiger partial charge in [0.15, 0.2) is 0 Å². The van der Waals surface area contributed by atoms with Gasteiger partial charge in [-0.3, -0.25) is 0 Å². The molecule has 0 bridgehead atoms. The number of hydrogen-bond acceptors (Lipinski definition) is 4. The SMILES string of the molecule is CCC(N)c1nnc(-c2cc(Cl)cc(Br)c2)s1. The summed E-state index contributed by atoms with van der Waals surface area (Å²) >= 11 is 10.9. The van der Waals surface area contributed by atoms with E-state index in [-0.39, 0.29) is 6.04 Å². The highest BCUT2D eigenvalue weighted by atomic mass is 79.9. The molecule has 1 atom stereocenters. The molecular formula is C11H11BrClN3S. The summed E-state index contributed by atoms with van der Waals surface area (Å²) in [6.45, 7) is 2.03. The highest BCUT2D eigenvalue weighted by molar-refractivity contribution is 9.10. The maximum Gasteiger partial charge on any atom is 0.147 e. The van der Waals surface area contributed by atoms with Crippen molar-refractivity contribution in [2.75, 3.05) is 0 Å². The number of nitrogens with zero attached hydrogens (tertiary/aromatic N) is 2. The van der Waals surface area contributed by atoms with E-state index in [1.54, 1.807) is 0 Å². The molecule has 3 nitrogen and oxygen atoms in total. The van der Waals surface area contributed by atoms with E-state index in [1.165, 1.54) is 11.3 Å². The molecule has 0 fully saturated rings. The fourth-order valence-electron chi connectivity index (χ4n) is 1.35. The molecule has 0 aliphatic rings. The van der Waals surface area contributed by atoms with E-state index < -0.39 is 0 Å². The third-order valence-corrected chi connectivity index (χ3v) is 4.09. The first-order valence-corrected chi connectivity index (χ1v) is 7.14. The zero-order valence-corrected chi connectivity index (χ0v) is 12.3. The van der Waals surface area contributed by atoms with Crippen LogP contribution in [0, 0.1) is 0 Å². The second-order valence-electron chi connectivity index (χ2n) is 3.62. The van der Waals surface area contributed by atoms with E-state index in [2.05, 4.69) is 26.1 Å². The second-order valence-corrected chi connectivity index (χ2v) is 5.98. The molecule has 0 spiro atoms. The lowest BCUT2D eigenvalue weighted by molar-refractivity contribution is 0.683. The number of benzene rings is 1. The van der Waals surface area contributed by atoms with Gasteiger partial charge in [0.25, 0.3) is 0 Å². The maximum absolute atomic E-state index is 6.00. The zero-order valence-electron chi connectivity index (χ0n) is 9.15. The number of rotatable bonds is 3. The van der Waals surface area contributed by atoms with E-state index in [9.17, 15) is 0 Å². The van der Waals surface area contributed by atoms with Crippen molar-refractivity contribution in [2.45, 2.75) is 19.4 Å². The first-order valence-electron chi connectivity index (χ1n) is 5.15. The monoisotopic (exact) mass is 331 g/mol. The summed E-state index contributed by atoms with van der Waals surface area (Å²) in [4.78, 5) is 0. The molecule has 0 saturated heterocycles. The topological polar surface area (TPSA) is 51.8 Å². The van der Waals surface area contributed by atoms with Crippen molar-refractivity contribution in [3.63, 3.8) is 0 Å². The molecule has 2 rings (SSSR count). The van der Waals surface area contributed by atoms with Crippen molar-refractivity contribution in [1.29, 1.82) is 0 Å². The molecule has 1 aromatic heterocycles. The molecule has 0 amide bonds. The third kappa shape index (κ3) is 3.04. The highest BCUT2D eigenvalue weighted by Gasteiger charge is 2.12. The van der Waals surface area contributed by atoms with E-state index in [1.807, 2.05) is 25.1 Å². The van der Waals surface area contributed by atoms with Crippen molar-refractivity contribution in [1.82, 2.24) is 10.2 Å². The Morgan fingerprint density at radius 3 is 2.82 bits per heavy atom. The van der Waals surface area contributed by atoms with E-state index in [4.69, 9.17) is 17.3 Å². The summed E-state index contributed by atoms with van der Waals surface area (Å²) in [5.41, 5.74) is 6.87. The van der Waals surface area contributed by atoms with Gasteiger partial charge >= 0.3 is 0 Å². The quantitative estimate of drug-likeness (QED) is 0.923. The average molecular weight is 333 g/mol. The zero-order chi connectivity index (χ0) is 12.4. The summed E-state index contributed by atoms with van der Waals surface area (Å²) in [7, 11) is 0. The highest BCUT2D eigenvalue weighted by Crippen LogP contribution is 2.31. The van der Waals surface area contributed by atoms with Crippen LogP contribution in [0.4, 0.5) is 0 Å². The molecule has 0 aliphatic heterocycles. The van der Waals surface area contributed by atoms with Gasteiger partial charge in [-0.05, 0) is 24.6 Å². The largest absolute Gasteiger partial charge is 0.322 e. The lowest BCUT2D eigenvalue weighted by Gasteiger charge is -2.01. The Labute approximate surface area is 117 Å². The molecule has 1 heterocycles. The van der Waals surface area contributed by atoms with Gasteiger partial charge in [0.05, 0.1) is 6.04 Å². The lowest BCUT2D eigenvalue weighted by atomic mass is 10.2. The summed E-state index contributed by atoms with van der Waals surface area (Å²) < 4.78 is 0.927. The van der Waals surface area contributed by atoms with Crippen LogP contribution in [0.15, 0.2) is 22.7 Å². The standard InChI is InChI=1S/C11H11BrClN3S/c1-2-9(14)11-16-15-10(17-11)6-3-7(12)5-8(13)4-6/h3-5,9H,2,14H2,1H3. The Balaban J connectivity index is 2.36. The summed E-state index contributed by atoms with van der Waals surface area (Å²) in [5, 5.41) is 10.6. The fourth-order valence-corrected chi connectivity index (χ4v) is 3.13. The van der Waals surface area contributed by atoms with Crippen molar-refractivity contribution >= 4 is 38.9 Å². The van der Waals surface area contributed by atoms with Gasteiger partial charge in [-0.15, -0.1) is 10.2 Å². The Hall–Kier alpha value is -0.490. The molecule has 17 heavy (non-hydrogen) atoms. The average Bonchev–Trinajstić information content (AvgIpc) is 2.76. The summed E-state index contributed by atoms with van der Waals surface area (Å²) in [5.74, 6) is 0. The molecule has 90 valence electrons. The molecule has 1 unspecified atom stereocenters. The summed E-state index contributed by atoms with van der Waals surface area (Å²) in [6.07, 6.45) is 0.855. The van der Waals surface area contributed by atoms with Crippen molar-refractivity contribution < 1.29 is 0 Å². The molecule has 6 heteroatoms. The van der Waals surface area contributed by atoms with Gasteiger partial charge in [0, 0.05) is 15.1 Å². The Kier molecular flexibility index (Phi) is 4.14. The minimum absolute atomic E-state index is 0.0381. The number of halogens is 2. The van der Waals surface area contributed by atoms with Crippen LogP contribution >= 0.6 is 38.9 Å². The van der Waals surface area contributed by atoms with Gasteiger partial charge in [-0.1, -0.05) is 45.8 Å². The molecule has 1 aromatic carbocycles. The first-order chi connectivity index (χ1) is 8.10. The normalized spacial score (nSPS) is 12.7. The van der Waals surface area contributed by atoms with Crippen LogP contribution in [0.3, 0.4) is 0 Å². The molecule has 2 aromatic rings. The van der Waals surface area contributed by atoms with Gasteiger partial charge < -0.3 is 5.73 Å². The number of aromatic nitrogens is 2. The van der Waals surface area contributed by atoms with Gasteiger partial charge in [0.2, 0.25) is 0 Å². The van der Waals surface area contributed by atoms with Gasteiger partial charge in [-0.2, -0.15) is 0 Å².